The number of fused-ring (bicyclic) bond motifs is 1. The van der Waals surface area contributed by atoms with Crippen LogP contribution in [0, 0.1) is 0 Å². The summed E-state index contributed by atoms with van der Waals surface area (Å²) in [4.78, 5) is 26.2. The van der Waals surface area contributed by atoms with Crippen LogP contribution in [-0.2, 0) is 22.5 Å². The lowest BCUT2D eigenvalue weighted by molar-refractivity contribution is -0.145. The van der Waals surface area contributed by atoms with Gasteiger partial charge in [0.1, 0.15) is 12.1 Å². The van der Waals surface area contributed by atoms with Crippen LogP contribution >= 0.6 is 0 Å². The maximum absolute atomic E-state index is 13.1. The van der Waals surface area contributed by atoms with Gasteiger partial charge in [-0.25, -0.2) is 9.97 Å². The van der Waals surface area contributed by atoms with E-state index in [1.165, 1.54) is 30.4 Å². The third kappa shape index (κ3) is 3.37. The van der Waals surface area contributed by atoms with Crippen molar-refractivity contribution in [3.8, 4) is 0 Å². The van der Waals surface area contributed by atoms with Crippen LogP contribution in [0.1, 0.15) is 42.0 Å². The number of hydrogen-bond donors (Lipinski definition) is 0. The van der Waals surface area contributed by atoms with Gasteiger partial charge in [0.15, 0.2) is 6.10 Å². The minimum atomic E-state index is -0.430. The number of amides is 1. The molecule has 6 nitrogen and oxygen atoms in total. The van der Waals surface area contributed by atoms with Crippen LogP contribution in [0.3, 0.4) is 0 Å². The molecule has 3 heterocycles. The number of nitrogens with zero attached hydrogens (tertiary/aromatic N) is 4. The standard InChI is InChI=1S/C22H26N4O2/c27-22(26-9-8-16-4-1-2-5-18(16)13-26)20-14-25(10-11-28-20)21-12-19(23-15-24-21)17-6-3-7-17/h1-2,4-5,12,15,17,20H,3,6-11,13-14H2. The van der Waals surface area contributed by atoms with Crippen molar-refractivity contribution in [1.29, 1.82) is 0 Å². The molecule has 5 rings (SSSR count). The Morgan fingerprint density at radius 2 is 1.96 bits per heavy atom. The molecule has 2 aromatic rings. The van der Waals surface area contributed by atoms with Gasteiger partial charge in [0.2, 0.25) is 0 Å². The van der Waals surface area contributed by atoms with E-state index >= 15 is 0 Å². The highest BCUT2D eigenvalue weighted by molar-refractivity contribution is 5.82. The molecule has 0 radical (unpaired) electrons. The summed E-state index contributed by atoms with van der Waals surface area (Å²) in [5.74, 6) is 1.59. The molecule has 1 aliphatic carbocycles. The van der Waals surface area contributed by atoms with E-state index in [2.05, 4.69) is 39.1 Å². The van der Waals surface area contributed by atoms with Gasteiger partial charge in [-0.1, -0.05) is 30.7 Å². The number of ether oxygens (including phenoxy) is 1. The quantitative estimate of drug-likeness (QED) is 0.822. The molecule has 1 unspecified atom stereocenters. The first kappa shape index (κ1) is 17.6. The van der Waals surface area contributed by atoms with Gasteiger partial charge in [0, 0.05) is 37.3 Å². The predicted octanol–water partition coefficient (Wildman–Crippen LogP) is 2.53. The Kier molecular flexibility index (Phi) is 4.72. The number of carbonyl (C=O) groups excluding carboxylic acids is 1. The Morgan fingerprint density at radius 3 is 2.79 bits per heavy atom. The summed E-state index contributed by atoms with van der Waals surface area (Å²) in [6.07, 6.45) is 5.87. The summed E-state index contributed by atoms with van der Waals surface area (Å²) < 4.78 is 5.87. The van der Waals surface area contributed by atoms with Crippen molar-refractivity contribution < 1.29 is 9.53 Å². The molecule has 6 heteroatoms. The van der Waals surface area contributed by atoms with E-state index < -0.39 is 6.10 Å². The molecule has 1 atom stereocenters. The molecular weight excluding hydrogens is 352 g/mol. The van der Waals surface area contributed by atoms with Gasteiger partial charge in [0.05, 0.1) is 13.2 Å². The van der Waals surface area contributed by atoms with Crippen molar-refractivity contribution in [3.63, 3.8) is 0 Å². The topological polar surface area (TPSA) is 58.6 Å². The van der Waals surface area contributed by atoms with Gasteiger partial charge in [0.25, 0.3) is 5.91 Å². The third-order valence-corrected chi connectivity index (χ3v) is 6.31. The first-order chi connectivity index (χ1) is 13.8. The van der Waals surface area contributed by atoms with Gasteiger partial charge >= 0.3 is 0 Å². The number of rotatable bonds is 3. The highest BCUT2D eigenvalue weighted by atomic mass is 16.5. The molecule has 0 bridgehead atoms. The summed E-state index contributed by atoms with van der Waals surface area (Å²) in [7, 11) is 0. The Bertz CT molecular complexity index is 867. The second kappa shape index (κ2) is 7.51. The first-order valence-corrected chi connectivity index (χ1v) is 10.3. The van der Waals surface area contributed by atoms with Crippen molar-refractivity contribution in [2.45, 2.75) is 44.2 Å². The minimum Gasteiger partial charge on any atom is -0.365 e. The molecule has 3 aliphatic rings. The highest BCUT2D eigenvalue weighted by Gasteiger charge is 2.32. The fourth-order valence-corrected chi connectivity index (χ4v) is 4.36. The van der Waals surface area contributed by atoms with E-state index in [0.717, 1.165) is 31.0 Å². The molecule has 2 fully saturated rings. The Hall–Kier alpha value is -2.47. The monoisotopic (exact) mass is 378 g/mol. The summed E-state index contributed by atoms with van der Waals surface area (Å²) in [5.41, 5.74) is 3.73. The molecule has 28 heavy (non-hydrogen) atoms. The van der Waals surface area contributed by atoms with E-state index in [1.54, 1.807) is 6.33 Å². The summed E-state index contributed by atoms with van der Waals surface area (Å²) in [6, 6.07) is 10.5. The second-order valence-corrected chi connectivity index (χ2v) is 8.01. The largest absolute Gasteiger partial charge is 0.365 e. The van der Waals surface area contributed by atoms with E-state index in [9.17, 15) is 4.79 Å². The van der Waals surface area contributed by atoms with Crippen LogP contribution < -0.4 is 4.90 Å². The summed E-state index contributed by atoms with van der Waals surface area (Å²) in [6.45, 7) is 3.29. The Labute approximate surface area is 165 Å². The van der Waals surface area contributed by atoms with Crippen molar-refractivity contribution in [1.82, 2.24) is 14.9 Å². The zero-order valence-corrected chi connectivity index (χ0v) is 16.1. The molecule has 146 valence electrons. The van der Waals surface area contributed by atoms with Crippen LogP contribution in [0.4, 0.5) is 5.82 Å². The van der Waals surface area contributed by atoms with E-state index in [0.29, 0.717) is 25.6 Å². The van der Waals surface area contributed by atoms with Crippen molar-refractivity contribution >= 4 is 11.7 Å². The summed E-state index contributed by atoms with van der Waals surface area (Å²) in [5, 5.41) is 0. The molecule has 0 spiro atoms. The van der Waals surface area contributed by atoms with Gasteiger partial charge < -0.3 is 14.5 Å². The smallest absolute Gasteiger partial charge is 0.253 e. The average Bonchev–Trinajstić information content (AvgIpc) is 2.72. The fraction of sp³-hybridized carbons (Fsp3) is 0.500. The number of aromatic nitrogens is 2. The number of morpholine rings is 1. The van der Waals surface area contributed by atoms with Crippen molar-refractivity contribution in [3.05, 3.63) is 53.5 Å². The minimum absolute atomic E-state index is 0.0903. The van der Waals surface area contributed by atoms with Crippen molar-refractivity contribution in [2.24, 2.45) is 0 Å². The lowest BCUT2D eigenvalue weighted by Crippen LogP contribution is -2.52. The average molecular weight is 378 g/mol. The van der Waals surface area contributed by atoms with Crippen LogP contribution in [0.2, 0.25) is 0 Å². The lowest BCUT2D eigenvalue weighted by Gasteiger charge is -2.37. The predicted molar refractivity (Wildman–Crippen MR) is 106 cm³/mol. The molecule has 2 aliphatic heterocycles. The van der Waals surface area contributed by atoms with E-state index in [4.69, 9.17) is 4.74 Å². The van der Waals surface area contributed by atoms with Gasteiger partial charge in [-0.15, -0.1) is 0 Å². The van der Waals surface area contributed by atoms with Gasteiger partial charge in [-0.3, -0.25) is 4.79 Å². The maximum atomic E-state index is 13.1. The summed E-state index contributed by atoms with van der Waals surface area (Å²) >= 11 is 0. The van der Waals surface area contributed by atoms with Gasteiger partial charge in [-0.2, -0.15) is 0 Å². The van der Waals surface area contributed by atoms with Crippen LogP contribution in [-0.4, -0.2) is 53.1 Å². The lowest BCUT2D eigenvalue weighted by atomic mass is 9.83. The third-order valence-electron chi connectivity index (χ3n) is 6.31. The molecule has 1 aromatic heterocycles. The number of anilines is 1. The molecule has 1 amide bonds. The maximum Gasteiger partial charge on any atom is 0.253 e. The fourth-order valence-electron chi connectivity index (χ4n) is 4.36. The first-order valence-electron chi connectivity index (χ1n) is 10.3. The van der Waals surface area contributed by atoms with Gasteiger partial charge in [-0.05, 0) is 30.4 Å². The van der Waals surface area contributed by atoms with Crippen LogP contribution in [0.25, 0.3) is 0 Å². The van der Waals surface area contributed by atoms with Crippen LogP contribution in [0.15, 0.2) is 36.7 Å². The normalized spacial score (nSPS) is 22.5. The van der Waals surface area contributed by atoms with E-state index in [-0.39, 0.29) is 5.91 Å². The molecule has 1 saturated heterocycles. The number of carbonyl (C=O) groups is 1. The zero-order valence-electron chi connectivity index (χ0n) is 16.1. The Balaban J connectivity index is 1.27. The van der Waals surface area contributed by atoms with E-state index in [1.807, 2.05) is 11.0 Å². The van der Waals surface area contributed by atoms with Crippen LogP contribution in [0.5, 0.6) is 0 Å². The number of benzene rings is 1. The highest BCUT2D eigenvalue weighted by Crippen LogP contribution is 2.36. The SMILES string of the molecule is O=C(C1CN(c2cc(C3CCC3)ncn2)CCO1)N1CCc2ccccc2C1. The molecular formula is C22H26N4O2. The molecule has 1 aromatic carbocycles. The molecule has 1 saturated carbocycles. The molecule has 0 N–H and O–H groups in total. The zero-order chi connectivity index (χ0) is 18.9. The Morgan fingerprint density at radius 1 is 1.11 bits per heavy atom. The second-order valence-electron chi connectivity index (χ2n) is 8.01. The number of hydrogen-bond acceptors (Lipinski definition) is 5. The van der Waals surface area contributed by atoms with Crippen molar-refractivity contribution in [2.75, 3.05) is 31.1 Å².